The first-order chi connectivity index (χ1) is 7.80. The zero-order chi connectivity index (χ0) is 11.0. The normalized spacial score (nSPS) is 36.4. The Balaban J connectivity index is 1.77. The summed E-state index contributed by atoms with van der Waals surface area (Å²) in [7, 11) is 0. The Kier molecular flexibility index (Phi) is 2.47. The van der Waals surface area contributed by atoms with Crippen LogP contribution in [0.1, 0.15) is 38.5 Å². The molecule has 0 radical (unpaired) electrons. The molecule has 0 unspecified atom stereocenters. The summed E-state index contributed by atoms with van der Waals surface area (Å²) in [5, 5.41) is 0. The van der Waals surface area contributed by atoms with Crippen molar-refractivity contribution in [3.05, 3.63) is 24.3 Å². The van der Waals surface area contributed by atoms with E-state index in [0.717, 1.165) is 0 Å². The number of allylic oxidation sites excluding steroid dienone is 2. The quantitative estimate of drug-likeness (QED) is 0.625. The molecule has 2 nitrogen and oxygen atoms in total. The number of hydrogen-bond donors (Lipinski definition) is 0. The zero-order valence-corrected chi connectivity index (χ0v) is 9.52. The van der Waals surface area contributed by atoms with Gasteiger partial charge in [0.15, 0.2) is 5.78 Å². The van der Waals surface area contributed by atoms with Crippen LogP contribution in [0, 0.1) is 5.92 Å². The number of carbonyl (C=O) groups is 1. The molecule has 0 N–H and O–H groups in total. The van der Waals surface area contributed by atoms with Crippen molar-refractivity contribution < 1.29 is 9.53 Å². The third kappa shape index (κ3) is 1.56. The topological polar surface area (TPSA) is 26.3 Å². The molecular formula is C14H18O2. The first-order valence-electron chi connectivity index (χ1n) is 6.40. The lowest BCUT2D eigenvalue weighted by atomic mass is 9.70. The van der Waals surface area contributed by atoms with E-state index in [1.165, 1.54) is 38.5 Å². The maximum Gasteiger partial charge on any atom is 0.178 e. The Morgan fingerprint density at radius 1 is 1.06 bits per heavy atom. The highest BCUT2D eigenvalue weighted by Gasteiger charge is 2.52. The molecule has 86 valence electrons. The summed E-state index contributed by atoms with van der Waals surface area (Å²) in [6.45, 7) is 0. The Morgan fingerprint density at radius 2 is 1.75 bits per heavy atom. The van der Waals surface area contributed by atoms with Crippen LogP contribution in [-0.4, -0.2) is 17.5 Å². The van der Waals surface area contributed by atoms with Crippen molar-refractivity contribution in [1.29, 1.82) is 0 Å². The Hall–Kier alpha value is -0.890. The van der Waals surface area contributed by atoms with E-state index in [4.69, 9.17) is 4.74 Å². The summed E-state index contributed by atoms with van der Waals surface area (Å²) in [4.78, 5) is 11.1. The molecule has 0 aromatic carbocycles. The highest BCUT2D eigenvalue weighted by atomic mass is 16.5. The highest BCUT2D eigenvalue weighted by Crippen LogP contribution is 2.48. The molecule has 1 saturated carbocycles. The van der Waals surface area contributed by atoms with E-state index in [0.29, 0.717) is 12.0 Å². The fraction of sp³-hybridized carbons (Fsp3) is 0.643. The fourth-order valence-electron chi connectivity index (χ4n) is 3.25. The van der Waals surface area contributed by atoms with Gasteiger partial charge in [0, 0.05) is 5.92 Å². The van der Waals surface area contributed by atoms with Gasteiger partial charge in [-0.2, -0.15) is 0 Å². The second kappa shape index (κ2) is 3.85. The smallest absolute Gasteiger partial charge is 0.178 e. The van der Waals surface area contributed by atoms with Gasteiger partial charge in [-0.15, -0.1) is 0 Å². The fourth-order valence-corrected chi connectivity index (χ4v) is 3.25. The van der Waals surface area contributed by atoms with Crippen LogP contribution in [0.2, 0.25) is 0 Å². The van der Waals surface area contributed by atoms with Gasteiger partial charge >= 0.3 is 0 Å². The molecule has 1 aliphatic heterocycles. The van der Waals surface area contributed by atoms with E-state index < -0.39 is 0 Å². The maximum absolute atomic E-state index is 11.1. The van der Waals surface area contributed by atoms with Crippen LogP contribution < -0.4 is 0 Å². The standard InChI is InChI=1S/C14H18O2/c15-11-7-9-14(10-8-11)12-5-3-1-2-4-6-13(12)16-14/h7-10,12-13H,1-6H2/t12-,13+/m1/s1. The monoisotopic (exact) mass is 218 g/mol. The van der Waals surface area contributed by atoms with Crippen molar-refractivity contribution in [2.75, 3.05) is 0 Å². The Morgan fingerprint density at radius 3 is 2.50 bits per heavy atom. The molecule has 0 bridgehead atoms. The molecule has 0 aromatic rings. The largest absolute Gasteiger partial charge is 0.363 e. The lowest BCUT2D eigenvalue weighted by Gasteiger charge is -2.54. The van der Waals surface area contributed by atoms with E-state index in [-0.39, 0.29) is 11.4 Å². The van der Waals surface area contributed by atoms with Crippen LogP contribution >= 0.6 is 0 Å². The number of rotatable bonds is 0. The summed E-state index contributed by atoms with van der Waals surface area (Å²) in [5.41, 5.74) is -0.226. The minimum Gasteiger partial charge on any atom is -0.363 e. The van der Waals surface area contributed by atoms with Crippen LogP contribution in [0.25, 0.3) is 0 Å². The lowest BCUT2D eigenvalue weighted by molar-refractivity contribution is -0.215. The minimum absolute atomic E-state index is 0.0866. The summed E-state index contributed by atoms with van der Waals surface area (Å²) in [5.74, 6) is 0.692. The van der Waals surface area contributed by atoms with Crippen LogP contribution in [0.15, 0.2) is 24.3 Å². The maximum atomic E-state index is 11.1. The van der Waals surface area contributed by atoms with E-state index >= 15 is 0 Å². The van der Waals surface area contributed by atoms with Crippen molar-refractivity contribution in [3.8, 4) is 0 Å². The molecule has 3 aliphatic rings. The van der Waals surface area contributed by atoms with Gasteiger partial charge in [0.1, 0.15) is 5.60 Å². The van der Waals surface area contributed by atoms with Gasteiger partial charge in [0.2, 0.25) is 0 Å². The molecule has 2 fully saturated rings. The van der Waals surface area contributed by atoms with Gasteiger partial charge in [0.25, 0.3) is 0 Å². The first kappa shape index (κ1) is 10.3. The molecule has 0 aromatic heterocycles. The second-order valence-electron chi connectivity index (χ2n) is 5.18. The van der Waals surface area contributed by atoms with Gasteiger partial charge in [-0.25, -0.2) is 0 Å². The third-order valence-corrected chi connectivity index (χ3v) is 4.15. The second-order valence-corrected chi connectivity index (χ2v) is 5.18. The van der Waals surface area contributed by atoms with Crippen LogP contribution in [0.5, 0.6) is 0 Å². The van der Waals surface area contributed by atoms with Crippen molar-refractivity contribution in [2.45, 2.75) is 50.2 Å². The van der Waals surface area contributed by atoms with Crippen molar-refractivity contribution in [1.82, 2.24) is 0 Å². The van der Waals surface area contributed by atoms with E-state index in [9.17, 15) is 4.79 Å². The predicted octanol–water partition coefficient (Wildman–Crippen LogP) is 2.79. The molecule has 16 heavy (non-hydrogen) atoms. The molecule has 1 heterocycles. The molecule has 2 aliphatic carbocycles. The minimum atomic E-state index is -0.226. The van der Waals surface area contributed by atoms with E-state index in [2.05, 4.69) is 0 Å². The SMILES string of the molecule is O=C1C=CC2(C=C1)O[C@H]1CCCCCC[C@H]12. The molecule has 1 spiro atoms. The molecular weight excluding hydrogens is 200 g/mol. The van der Waals surface area contributed by atoms with Gasteiger partial charge < -0.3 is 4.74 Å². The summed E-state index contributed by atoms with van der Waals surface area (Å²) < 4.78 is 6.03. The summed E-state index contributed by atoms with van der Waals surface area (Å²) in [6, 6.07) is 0. The van der Waals surface area contributed by atoms with Gasteiger partial charge in [-0.1, -0.05) is 25.7 Å². The number of fused-ring (bicyclic) bond motifs is 2. The average molecular weight is 218 g/mol. The first-order valence-corrected chi connectivity index (χ1v) is 6.40. The van der Waals surface area contributed by atoms with Crippen molar-refractivity contribution in [2.24, 2.45) is 5.92 Å². The number of ether oxygens (including phenoxy) is 1. The van der Waals surface area contributed by atoms with Crippen LogP contribution in [-0.2, 0) is 9.53 Å². The van der Waals surface area contributed by atoms with E-state index in [1.54, 1.807) is 12.2 Å². The van der Waals surface area contributed by atoms with Gasteiger partial charge in [-0.05, 0) is 37.1 Å². The Labute approximate surface area is 96.4 Å². The summed E-state index contributed by atoms with van der Waals surface area (Å²) >= 11 is 0. The lowest BCUT2D eigenvalue weighted by Crippen LogP contribution is -2.58. The van der Waals surface area contributed by atoms with Crippen LogP contribution in [0.3, 0.4) is 0 Å². The molecule has 2 atom stereocenters. The molecule has 2 heteroatoms. The Bertz CT molecular complexity index is 338. The summed E-state index contributed by atoms with van der Waals surface area (Å²) in [6.07, 6.45) is 15.4. The van der Waals surface area contributed by atoms with Crippen molar-refractivity contribution in [3.63, 3.8) is 0 Å². The molecule has 1 saturated heterocycles. The van der Waals surface area contributed by atoms with E-state index in [1.807, 2.05) is 12.2 Å². The average Bonchev–Trinajstić information content (AvgIpc) is 2.25. The predicted molar refractivity (Wildman–Crippen MR) is 62.1 cm³/mol. The number of carbonyl (C=O) groups excluding carboxylic acids is 1. The van der Waals surface area contributed by atoms with Crippen LogP contribution in [0.4, 0.5) is 0 Å². The zero-order valence-electron chi connectivity index (χ0n) is 9.52. The molecule has 3 rings (SSSR count). The van der Waals surface area contributed by atoms with Gasteiger partial charge in [0.05, 0.1) is 6.10 Å². The number of ketones is 1. The number of hydrogen-bond acceptors (Lipinski definition) is 2. The van der Waals surface area contributed by atoms with Crippen molar-refractivity contribution >= 4 is 5.78 Å². The third-order valence-electron chi connectivity index (χ3n) is 4.15. The van der Waals surface area contributed by atoms with Gasteiger partial charge in [-0.3, -0.25) is 4.79 Å². The molecule has 0 amide bonds. The highest BCUT2D eigenvalue weighted by molar-refractivity contribution is 6.00.